The fourth-order valence-electron chi connectivity index (χ4n) is 3.73. The number of hydrogen-bond donors (Lipinski definition) is 1. The molecule has 3 rings (SSSR count). The summed E-state index contributed by atoms with van der Waals surface area (Å²) in [7, 11) is 3.26. The van der Waals surface area contributed by atoms with Crippen molar-refractivity contribution in [3.63, 3.8) is 0 Å². The largest absolute Gasteiger partial charge is 0.497 e. The Morgan fingerprint density at radius 2 is 1.94 bits per heavy atom. The molecule has 0 radical (unpaired) electrons. The van der Waals surface area contributed by atoms with Crippen molar-refractivity contribution in [1.29, 1.82) is 0 Å². The van der Waals surface area contributed by atoms with Crippen molar-refractivity contribution in [2.45, 2.75) is 26.7 Å². The zero-order valence-corrected chi connectivity index (χ0v) is 19.6. The molecule has 1 amide bonds. The van der Waals surface area contributed by atoms with Gasteiger partial charge in [0.2, 0.25) is 5.91 Å². The predicted octanol–water partition coefficient (Wildman–Crippen LogP) is 2.84. The van der Waals surface area contributed by atoms with Gasteiger partial charge in [-0.05, 0) is 43.1 Å². The number of nitrogens with zero attached hydrogens (tertiary/aromatic N) is 4. The quantitative estimate of drug-likeness (QED) is 0.641. The van der Waals surface area contributed by atoms with Gasteiger partial charge in [-0.15, -0.1) is 10.2 Å². The summed E-state index contributed by atoms with van der Waals surface area (Å²) in [5.74, 6) is 3.00. The van der Waals surface area contributed by atoms with Gasteiger partial charge >= 0.3 is 0 Å². The molecule has 1 aliphatic rings. The molecule has 1 N–H and O–H groups in total. The van der Waals surface area contributed by atoms with Gasteiger partial charge in [0.1, 0.15) is 11.5 Å². The van der Waals surface area contributed by atoms with Crippen molar-refractivity contribution >= 4 is 11.7 Å². The molecule has 0 saturated carbocycles. The minimum absolute atomic E-state index is 0.170. The topological polar surface area (TPSA) is 79.8 Å². The van der Waals surface area contributed by atoms with Gasteiger partial charge in [0.25, 0.3) is 0 Å². The molecular formula is C24H35N5O3. The van der Waals surface area contributed by atoms with Gasteiger partial charge in [0.15, 0.2) is 5.82 Å². The van der Waals surface area contributed by atoms with E-state index in [2.05, 4.69) is 34.3 Å². The highest BCUT2D eigenvalue weighted by molar-refractivity contribution is 5.78. The number of carbonyl (C=O) groups is 1. The SMILES string of the molecule is CCC(C)CNCC(=O)N1CCCN(c2ccc(-c3ccc(OC)cc3OC)nn2)CC1. The lowest BCUT2D eigenvalue weighted by Crippen LogP contribution is -2.41. The van der Waals surface area contributed by atoms with Crippen LogP contribution in [0, 0.1) is 5.92 Å². The molecule has 1 atom stereocenters. The highest BCUT2D eigenvalue weighted by Crippen LogP contribution is 2.32. The highest BCUT2D eigenvalue weighted by Gasteiger charge is 2.20. The highest BCUT2D eigenvalue weighted by atomic mass is 16.5. The van der Waals surface area contributed by atoms with Gasteiger partial charge in [-0.2, -0.15) is 0 Å². The van der Waals surface area contributed by atoms with E-state index in [0.29, 0.717) is 24.8 Å². The Kier molecular flexibility index (Phi) is 8.67. The average Bonchev–Trinajstić information content (AvgIpc) is 3.10. The van der Waals surface area contributed by atoms with Gasteiger partial charge in [-0.3, -0.25) is 4.79 Å². The predicted molar refractivity (Wildman–Crippen MR) is 126 cm³/mol. The normalized spacial score (nSPS) is 15.2. The molecule has 8 nitrogen and oxygen atoms in total. The number of carbonyl (C=O) groups excluding carboxylic acids is 1. The van der Waals surface area contributed by atoms with Crippen LogP contribution in [0.1, 0.15) is 26.7 Å². The van der Waals surface area contributed by atoms with E-state index >= 15 is 0 Å². The third kappa shape index (κ3) is 6.09. The van der Waals surface area contributed by atoms with E-state index in [4.69, 9.17) is 9.47 Å². The van der Waals surface area contributed by atoms with E-state index in [0.717, 1.165) is 61.8 Å². The number of aromatic nitrogens is 2. The first-order valence-electron chi connectivity index (χ1n) is 11.3. The molecule has 174 valence electrons. The van der Waals surface area contributed by atoms with Gasteiger partial charge < -0.3 is 24.6 Å². The zero-order chi connectivity index (χ0) is 22.9. The van der Waals surface area contributed by atoms with Gasteiger partial charge in [0.05, 0.1) is 26.5 Å². The maximum absolute atomic E-state index is 12.6. The zero-order valence-electron chi connectivity index (χ0n) is 19.6. The second-order valence-electron chi connectivity index (χ2n) is 8.21. The van der Waals surface area contributed by atoms with Crippen LogP contribution in [0.2, 0.25) is 0 Å². The van der Waals surface area contributed by atoms with Crippen LogP contribution in [0.3, 0.4) is 0 Å². The van der Waals surface area contributed by atoms with E-state index in [1.165, 1.54) is 0 Å². The molecule has 8 heteroatoms. The molecule has 1 aromatic heterocycles. The standard InChI is InChI=1S/C24H35N5O3/c1-5-18(2)16-25-17-24(30)29-12-6-11-28(13-14-29)23-10-9-21(26-27-23)20-8-7-19(31-3)15-22(20)32-4/h7-10,15,18,25H,5-6,11-14,16-17H2,1-4H3. The van der Waals surface area contributed by atoms with Gasteiger partial charge in [-0.25, -0.2) is 0 Å². The smallest absolute Gasteiger partial charge is 0.236 e. The summed E-state index contributed by atoms with van der Waals surface area (Å²) < 4.78 is 10.8. The van der Waals surface area contributed by atoms with Crippen molar-refractivity contribution in [1.82, 2.24) is 20.4 Å². The van der Waals surface area contributed by atoms with Crippen LogP contribution in [-0.4, -0.2) is 74.5 Å². The summed E-state index contributed by atoms with van der Waals surface area (Å²) in [6.45, 7) is 8.71. The Balaban J connectivity index is 1.59. The summed E-state index contributed by atoms with van der Waals surface area (Å²) in [5, 5.41) is 12.2. The lowest BCUT2D eigenvalue weighted by atomic mass is 10.1. The summed E-state index contributed by atoms with van der Waals surface area (Å²) in [5.41, 5.74) is 1.61. The molecule has 1 fully saturated rings. The van der Waals surface area contributed by atoms with E-state index in [1.807, 2.05) is 35.2 Å². The second-order valence-corrected chi connectivity index (χ2v) is 8.21. The molecule has 1 unspecified atom stereocenters. The van der Waals surface area contributed by atoms with Crippen LogP contribution in [-0.2, 0) is 4.79 Å². The number of amides is 1. The van der Waals surface area contributed by atoms with Crippen LogP contribution in [0.25, 0.3) is 11.3 Å². The molecule has 0 aliphatic carbocycles. The van der Waals surface area contributed by atoms with Crippen molar-refractivity contribution < 1.29 is 14.3 Å². The third-order valence-electron chi connectivity index (χ3n) is 5.97. The second kappa shape index (κ2) is 11.7. The number of methoxy groups -OCH3 is 2. The van der Waals surface area contributed by atoms with Crippen molar-refractivity contribution in [2.75, 3.05) is 58.4 Å². The molecule has 0 spiro atoms. The first-order chi connectivity index (χ1) is 15.5. The summed E-state index contributed by atoms with van der Waals surface area (Å²) >= 11 is 0. The van der Waals surface area contributed by atoms with E-state index in [9.17, 15) is 4.79 Å². The molecule has 2 aromatic rings. The molecule has 1 saturated heterocycles. The number of benzene rings is 1. The van der Waals surface area contributed by atoms with Crippen LogP contribution in [0.5, 0.6) is 11.5 Å². The summed E-state index contributed by atoms with van der Waals surface area (Å²) in [6.07, 6.45) is 2.03. The molecule has 1 aromatic carbocycles. The molecular weight excluding hydrogens is 406 g/mol. The Morgan fingerprint density at radius 1 is 1.09 bits per heavy atom. The first kappa shape index (κ1) is 23.8. The van der Waals surface area contributed by atoms with Gasteiger partial charge in [0, 0.05) is 37.8 Å². The minimum Gasteiger partial charge on any atom is -0.497 e. The van der Waals surface area contributed by atoms with Gasteiger partial charge in [-0.1, -0.05) is 20.3 Å². The number of ether oxygens (including phenoxy) is 2. The maximum atomic E-state index is 12.6. The molecule has 1 aliphatic heterocycles. The molecule has 32 heavy (non-hydrogen) atoms. The monoisotopic (exact) mass is 441 g/mol. The number of hydrogen-bond acceptors (Lipinski definition) is 7. The van der Waals surface area contributed by atoms with Crippen molar-refractivity contribution in [3.05, 3.63) is 30.3 Å². The fourth-order valence-corrected chi connectivity index (χ4v) is 3.73. The van der Waals surface area contributed by atoms with E-state index in [1.54, 1.807) is 14.2 Å². The third-order valence-corrected chi connectivity index (χ3v) is 5.97. The lowest BCUT2D eigenvalue weighted by Gasteiger charge is -2.23. The molecule has 0 bridgehead atoms. The Morgan fingerprint density at radius 3 is 2.62 bits per heavy atom. The Labute approximate surface area is 190 Å². The van der Waals surface area contributed by atoms with Crippen LogP contribution in [0.15, 0.2) is 30.3 Å². The van der Waals surface area contributed by atoms with E-state index < -0.39 is 0 Å². The number of rotatable bonds is 9. The fraction of sp³-hybridized carbons (Fsp3) is 0.542. The van der Waals surface area contributed by atoms with E-state index in [-0.39, 0.29) is 5.91 Å². The summed E-state index contributed by atoms with van der Waals surface area (Å²) in [4.78, 5) is 16.7. The molecule has 2 heterocycles. The minimum atomic E-state index is 0.170. The maximum Gasteiger partial charge on any atom is 0.236 e. The van der Waals surface area contributed by atoms with Crippen molar-refractivity contribution in [2.24, 2.45) is 5.92 Å². The van der Waals surface area contributed by atoms with Crippen LogP contribution < -0.4 is 19.7 Å². The Hall–Kier alpha value is -2.87. The first-order valence-corrected chi connectivity index (χ1v) is 11.3. The average molecular weight is 442 g/mol. The number of nitrogens with one attached hydrogen (secondary N) is 1. The Bertz CT molecular complexity index is 874. The number of anilines is 1. The summed E-state index contributed by atoms with van der Waals surface area (Å²) in [6, 6.07) is 9.58. The van der Waals surface area contributed by atoms with Crippen molar-refractivity contribution in [3.8, 4) is 22.8 Å². The van der Waals surface area contributed by atoms with Crippen LogP contribution in [0.4, 0.5) is 5.82 Å². The van der Waals surface area contributed by atoms with Crippen LogP contribution >= 0.6 is 0 Å². The lowest BCUT2D eigenvalue weighted by molar-refractivity contribution is -0.130.